The molecule has 0 aliphatic heterocycles. The summed E-state index contributed by atoms with van der Waals surface area (Å²) in [6, 6.07) is 8.54. The van der Waals surface area contributed by atoms with Crippen LogP contribution in [0.25, 0.3) is 21.5 Å². The van der Waals surface area contributed by atoms with Gasteiger partial charge in [0.2, 0.25) is 0 Å². The fourth-order valence-corrected chi connectivity index (χ4v) is 3.67. The molecule has 2 aromatic heterocycles. The molecule has 142 valence electrons. The van der Waals surface area contributed by atoms with Gasteiger partial charge in [0.05, 0.1) is 22.9 Å². The van der Waals surface area contributed by atoms with Crippen LogP contribution in [0, 0.1) is 11.6 Å². The summed E-state index contributed by atoms with van der Waals surface area (Å²) in [5.41, 5.74) is 1.04. The Hall–Kier alpha value is -3.33. The molecule has 0 fully saturated rings. The summed E-state index contributed by atoms with van der Waals surface area (Å²) < 4.78 is 34.8. The number of carbonyl (C=O) groups is 1. The largest absolute Gasteiger partial charge is 0.497 e. The van der Waals surface area contributed by atoms with E-state index in [9.17, 15) is 13.6 Å². The van der Waals surface area contributed by atoms with Crippen LogP contribution < -0.4 is 10.1 Å². The molecular formula is C19H14F2N4O2S. The second-order valence-electron chi connectivity index (χ2n) is 6.00. The minimum atomic E-state index is -0.792. The fourth-order valence-electron chi connectivity index (χ4n) is 2.78. The monoisotopic (exact) mass is 400 g/mol. The third-order valence-electron chi connectivity index (χ3n) is 4.08. The zero-order valence-electron chi connectivity index (χ0n) is 14.9. The lowest BCUT2D eigenvalue weighted by Crippen LogP contribution is -2.12. The molecule has 2 heterocycles. The van der Waals surface area contributed by atoms with E-state index in [0.717, 1.165) is 22.3 Å². The van der Waals surface area contributed by atoms with E-state index >= 15 is 0 Å². The highest BCUT2D eigenvalue weighted by Crippen LogP contribution is 2.30. The molecule has 0 aliphatic carbocycles. The molecule has 6 nitrogen and oxygen atoms in total. The van der Waals surface area contributed by atoms with E-state index in [4.69, 9.17) is 4.74 Å². The number of nitrogens with zero attached hydrogens (tertiary/aromatic N) is 3. The molecule has 9 heteroatoms. The molecule has 4 rings (SSSR count). The van der Waals surface area contributed by atoms with Crippen LogP contribution in [0.3, 0.4) is 0 Å². The van der Waals surface area contributed by atoms with Gasteiger partial charge in [-0.15, -0.1) is 0 Å². The minimum absolute atomic E-state index is 0.0428. The summed E-state index contributed by atoms with van der Waals surface area (Å²) in [6.45, 7) is 0. The normalized spacial score (nSPS) is 11.0. The van der Waals surface area contributed by atoms with Gasteiger partial charge in [0.15, 0.2) is 5.13 Å². The zero-order chi connectivity index (χ0) is 19.8. The lowest BCUT2D eigenvalue weighted by molar-refractivity contribution is 0.102. The number of fused-ring (bicyclic) bond motifs is 1. The van der Waals surface area contributed by atoms with Gasteiger partial charge >= 0.3 is 0 Å². The van der Waals surface area contributed by atoms with Crippen LogP contribution >= 0.6 is 11.3 Å². The first-order valence-corrected chi connectivity index (χ1v) is 9.01. The maximum atomic E-state index is 14.2. The third kappa shape index (κ3) is 3.31. The molecule has 28 heavy (non-hydrogen) atoms. The maximum absolute atomic E-state index is 14.2. The molecule has 0 spiro atoms. The van der Waals surface area contributed by atoms with Crippen molar-refractivity contribution in [3.8, 4) is 17.0 Å². The third-order valence-corrected chi connectivity index (χ3v) is 5.01. The Morgan fingerprint density at radius 2 is 2.04 bits per heavy atom. The molecular weight excluding hydrogens is 386 g/mol. The molecule has 0 radical (unpaired) electrons. The first kappa shape index (κ1) is 18.1. The van der Waals surface area contributed by atoms with Gasteiger partial charge in [-0.25, -0.2) is 13.8 Å². The van der Waals surface area contributed by atoms with Crippen LogP contribution in [-0.4, -0.2) is 27.8 Å². The first-order valence-electron chi connectivity index (χ1n) is 8.19. The number of carbonyl (C=O) groups excluding carboxylic acids is 1. The van der Waals surface area contributed by atoms with Crippen LogP contribution in [-0.2, 0) is 7.05 Å². The highest BCUT2D eigenvalue weighted by molar-refractivity contribution is 7.22. The fraction of sp³-hybridized carbons (Fsp3) is 0.105. The molecule has 4 aromatic rings. The average Bonchev–Trinajstić information content (AvgIpc) is 3.23. The van der Waals surface area contributed by atoms with E-state index in [0.29, 0.717) is 10.9 Å². The second kappa shape index (κ2) is 7.01. The molecule has 2 aromatic carbocycles. The summed E-state index contributed by atoms with van der Waals surface area (Å²) >= 11 is 1.29. The summed E-state index contributed by atoms with van der Waals surface area (Å²) in [7, 11) is 3.19. The van der Waals surface area contributed by atoms with Crippen molar-refractivity contribution >= 4 is 32.6 Å². The van der Waals surface area contributed by atoms with Gasteiger partial charge in [0, 0.05) is 24.9 Å². The molecule has 0 unspecified atom stereocenters. The van der Waals surface area contributed by atoms with E-state index in [1.165, 1.54) is 28.3 Å². The molecule has 0 saturated carbocycles. The van der Waals surface area contributed by atoms with E-state index in [-0.39, 0.29) is 16.8 Å². The van der Waals surface area contributed by atoms with Gasteiger partial charge in [-0.1, -0.05) is 11.3 Å². The number of thiazole rings is 1. The molecule has 0 saturated heterocycles. The highest BCUT2D eigenvalue weighted by Gasteiger charge is 2.21. The van der Waals surface area contributed by atoms with Gasteiger partial charge < -0.3 is 4.74 Å². The number of amides is 1. The van der Waals surface area contributed by atoms with Gasteiger partial charge in [-0.05, 0) is 30.3 Å². The molecule has 0 bridgehead atoms. The molecule has 1 amide bonds. The zero-order valence-corrected chi connectivity index (χ0v) is 15.7. The summed E-state index contributed by atoms with van der Waals surface area (Å²) in [5.74, 6) is -1.29. The quantitative estimate of drug-likeness (QED) is 0.556. The Balaban J connectivity index is 1.67. The number of aromatic nitrogens is 3. The van der Waals surface area contributed by atoms with Gasteiger partial charge in [-0.3, -0.25) is 14.8 Å². The number of ether oxygens (including phenoxy) is 1. The van der Waals surface area contributed by atoms with Crippen molar-refractivity contribution in [3.05, 3.63) is 59.8 Å². The highest BCUT2D eigenvalue weighted by atomic mass is 32.1. The number of anilines is 1. The standard InChI is InChI=1S/C19H14F2N4O2S/c1-25-9-13(17(24-25)12-5-3-10(20)7-14(12)21)18(26)23-19-22-15-6-4-11(27-2)8-16(15)28-19/h3-9H,1-2H3,(H,22,23,26). The Labute approximate surface area is 162 Å². The Morgan fingerprint density at radius 1 is 1.21 bits per heavy atom. The van der Waals surface area contributed by atoms with E-state index in [1.807, 2.05) is 6.07 Å². The van der Waals surface area contributed by atoms with Crippen LogP contribution in [0.5, 0.6) is 5.75 Å². The summed E-state index contributed by atoms with van der Waals surface area (Å²) in [6.07, 6.45) is 1.48. The van der Waals surface area contributed by atoms with Crippen molar-refractivity contribution in [2.75, 3.05) is 12.4 Å². The molecule has 0 atom stereocenters. The number of hydrogen-bond acceptors (Lipinski definition) is 5. The van der Waals surface area contributed by atoms with Crippen LogP contribution in [0.15, 0.2) is 42.6 Å². The summed E-state index contributed by atoms with van der Waals surface area (Å²) in [5, 5.41) is 7.27. The van der Waals surface area contributed by atoms with Crippen molar-refractivity contribution in [2.24, 2.45) is 7.05 Å². The number of benzene rings is 2. The predicted octanol–water partition coefficient (Wildman–Crippen LogP) is 4.24. The lowest BCUT2D eigenvalue weighted by atomic mass is 10.1. The number of nitrogens with one attached hydrogen (secondary N) is 1. The van der Waals surface area contributed by atoms with Gasteiger partial charge in [0.1, 0.15) is 23.1 Å². The molecule has 1 N–H and O–H groups in total. The SMILES string of the molecule is COc1ccc2nc(NC(=O)c3cn(C)nc3-c3ccc(F)cc3F)sc2c1. The first-order chi connectivity index (χ1) is 13.4. The Kier molecular flexibility index (Phi) is 4.52. The van der Waals surface area contributed by atoms with Crippen LogP contribution in [0.1, 0.15) is 10.4 Å². The number of aryl methyl sites for hydroxylation is 1. The minimum Gasteiger partial charge on any atom is -0.497 e. The number of rotatable bonds is 4. The topological polar surface area (TPSA) is 69.0 Å². The van der Waals surface area contributed by atoms with E-state index < -0.39 is 17.5 Å². The van der Waals surface area contributed by atoms with Crippen LogP contribution in [0.4, 0.5) is 13.9 Å². The molecule has 0 aliphatic rings. The smallest absolute Gasteiger partial charge is 0.261 e. The van der Waals surface area contributed by atoms with Crippen molar-refractivity contribution in [2.45, 2.75) is 0 Å². The predicted molar refractivity (Wildman–Crippen MR) is 103 cm³/mol. The Bertz CT molecular complexity index is 1200. The lowest BCUT2D eigenvalue weighted by Gasteiger charge is -2.04. The number of methoxy groups -OCH3 is 1. The second-order valence-corrected chi connectivity index (χ2v) is 7.03. The van der Waals surface area contributed by atoms with E-state index in [2.05, 4.69) is 15.4 Å². The Morgan fingerprint density at radius 3 is 2.79 bits per heavy atom. The van der Waals surface area contributed by atoms with Crippen molar-refractivity contribution < 1.29 is 18.3 Å². The van der Waals surface area contributed by atoms with Gasteiger partial charge in [-0.2, -0.15) is 5.10 Å². The number of halogens is 2. The van der Waals surface area contributed by atoms with E-state index in [1.54, 1.807) is 26.3 Å². The number of hydrogen-bond donors (Lipinski definition) is 1. The van der Waals surface area contributed by atoms with Crippen molar-refractivity contribution in [3.63, 3.8) is 0 Å². The van der Waals surface area contributed by atoms with Crippen LogP contribution in [0.2, 0.25) is 0 Å². The van der Waals surface area contributed by atoms with Gasteiger partial charge in [0.25, 0.3) is 5.91 Å². The average molecular weight is 400 g/mol. The van der Waals surface area contributed by atoms with Crippen molar-refractivity contribution in [1.82, 2.24) is 14.8 Å². The summed E-state index contributed by atoms with van der Waals surface area (Å²) in [4.78, 5) is 17.2. The maximum Gasteiger partial charge on any atom is 0.261 e. The van der Waals surface area contributed by atoms with Crippen molar-refractivity contribution in [1.29, 1.82) is 0 Å².